The minimum atomic E-state index is -1.34. The molecule has 1 heterocycles. The van der Waals surface area contributed by atoms with Crippen LogP contribution in [0.25, 0.3) is 0 Å². The number of rotatable bonds is 11. The molecule has 1 saturated carbocycles. The number of methoxy groups -OCH3 is 1. The number of hydrogen-bond acceptors (Lipinski definition) is 5. The Balaban J connectivity index is 1.71. The number of halogens is 1. The van der Waals surface area contributed by atoms with E-state index in [0.29, 0.717) is 44.0 Å². The molecule has 0 bridgehead atoms. The number of piperidine rings is 1. The van der Waals surface area contributed by atoms with Crippen molar-refractivity contribution in [2.45, 2.75) is 82.8 Å². The van der Waals surface area contributed by atoms with Crippen LogP contribution in [0, 0.1) is 24.6 Å². The molecule has 9 heteroatoms. The summed E-state index contributed by atoms with van der Waals surface area (Å²) < 4.78 is 19.0. The second kappa shape index (κ2) is 14.7. The molecule has 2 unspecified atom stereocenters. The van der Waals surface area contributed by atoms with Crippen LogP contribution in [0.15, 0.2) is 18.2 Å². The lowest BCUT2D eigenvalue weighted by atomic mass is 9.74. The molecule has 0 aromatic heterocycles. The molecule has 0 spiro atoms. The third-order valence-electron chi connectivity index (χ3n) is 8.24. The molecule has 1 saturated heterocycles. The Hall–Kier alpha value is -2.39. The minimum Gasteiger partial charge on any atom is -0.453 e. The van der Waals surface area contributed by atoms with Gasteiger partial charge in [0, 0.05) is 38.1 Å². The molecule has 38 heavy (non-hydrogen) atoms. The van der Waals surface area contributed by atoms with Gasteiger partial charge in [-0.05, 0) is 75.3 Å². The van der Waals surface area contributed by atoms with Crippen LogP contribution in [-0.2, 0) is 10.3 Å². The summed E-state index contributed by atoms with van der Waals surface area (Å²) in [6, 6.07) is 4.62. The summed E-state index contributed by atoms with van der Waals surface area (Å²) in [4.78, 5) is 26.7. The van der Waals surface area contributed by atoms with Crippen molar-refractivity contribution >= 4 is 12.1 Å². The molecule has 8 nitrogen and oxygen atoms in total. The van der Waals surface area contributed by atoms with Crippen molar-refractivity contribution in [3.63, 3.8) is 0 Å². The third kappa shape index (κ3) is 8.56. The van der Waals surface area contributed by atoms with Crippen LogP contribution in [0.3, 0.4) is 0 Å². The summed E-state index contributed by atoms with van der Waals surface area (Å²) in [6.07, 6.45) is 9.04. The Morgan fingerprint density at radius 3 is 2.63 bits per heavy atom. The van der Waals surface area contributed by atoms with E-state index < -0.39 is 17.5 Å². The van der Waals surface area contributed by atoms with Crippen LogP contribution in [-0.4, -0.2) is 68.5 Å². The number of carbonyl (C=O) groups excluding carboxylic acids is 2. The number of alkyl carbamates (subject to hydrolysis) is 1. The number of likely N-dealkylation sites (tertiary alicyclic amines) is 1. The zero-order valence-electron chi connectivity index (χ0n) is 23.4. The second-order valence-electron chi connectivity index (χ2n) is 11.2. The van der Waals surface area contributed by atoms with Crippen LogP contribution < -0.4 is 16.0 Å². The number of carbonyl (C=O) groups is 2. The monoisotopic (exact) mass is 534 g/mol. The zero-order valence-corrected chi connectivity index (χ0v) is 23.4. The van der Waals surface area contributed by atoms with E-state index in [1.54, 1.807) is 6.92 Å². The number of aryl methyl sites for hydroxylation is 1. The van der Waals surface area contributed by atoms with Gasteiger partial charge in [0.2, 0.25) is 0 Å². The van der Waals surface area contributed by atoms with Gasteiger partial charge in [-0.25, -0.2) is 14.0 Å². The summed E-state index contributed by atoms with van der Waals surface area (Å²) >= 11 is 0. The van der Waals surface area contributed by atoms with Crippen molar-refractivity contribution in [1.29, 1.82) is 0 Å². The molecule has 2 fully saturated rings. The molecule has 3 atom stereocenters. The van der Waals surface area contributed by atoms with Gasteiger partial charge in [0.25, 0.3) is 0 Å². The number of nitrogens with zero attached hydrogens (tertiary/aromatic N) is 1. The van der Waals surface area contributed by atoms with Gasteiger partial charge >= 0.3 is 12.1 Å². The van der Waals surface area contributed by atoms with Crippen LogP contribution in [0.5, 0.6) is 0 Å². The summed E-state index contributed by atoms with van der Waals surface area (Å²) in [5, 5.41) is 21.2. The summed E-state index contributed by atoms with van der Waals surface area (Å²) in [5.41, 5.74) is -0.0874. The third-order valence-corrected chi connectivity index (χ3v) is 8.24. The molecule has 3 amide bonds. The summed E-state index contributed by atoms with van der Waals surface area (Å²) in [6.45, 7) is 3.87. The van der Waals surface area contributed by atoms with Gasteiger partial charge in [-0.2, -0.15) is 0 Å². The first-order chi connectivity index (χ1) is 18.2. The average molecular weight is 535 g/mol. The van der Waals surface area contributed by atoms with Gasteiger partial charge in [0.15, 0.2) is 0 Å². The number of aliphatic hydroxyl groups is 1. The van der Waals surface area contributed by atoms with Crippen molar-refractivity contribution < 1.29 is 23.8 Å². The molecule has 0 radical (unpaired) electrons. The van der Waals surface area contributed by atoms with E-state index in [2.05, 4.69) is 20.7 Å². The molecule has 214 valence electrons. The largest absolute Gasteiger partial charge is 0.453 e. The van der Waals surface area contributed by atoms with Gasteiger partial charge in [0.1, 0.15) is 5.82 Å². The normalized spacial score (nSPS) is 20.9. The Morgan fingerprint density at radius 1 is 1.18 bits per heavy atom. The van der Waals surface area contributed by atoms with E-state index >= 15 is 0 Å². The highest BCUT2D eigenvalue weighted by Gasteiger charge is 2.41. The van der Waals surface area contributed by atoms with Gasteiger partial charge in [0.05, 0.1) is 12.7 Å². The van der Waals surface area contributed by atoms with Gasteiger partial charge in [-0.3, -0.25) is 0 Å². The Kier molecular flexibility index (Phi) is 11.6. The van der Waals surface area contributed by atoms with E-state index in [9.17, 15) is 19.1 Å². The molecule has 4 N–H and O–H groups in total. The topological polar surface area (TPSA) is 103 Å². The first-order valence-electron chi connectivity index (χ1n) is 14.3. The fourth-order valence-corrected chi connectivity index (χ4v) is 6.27. The molecule has 1 aromatic carbocycles. The number of ether oxygens (including phenoxy) is 1. The number of likely N-dealkylation sites (N-methyl/N-ethyl adjacent to an activating group) is 1. The first-order valence-corrected chi connectivity index (χ1v) is 14.3. The van der Waals surface area contributed by atoms with Crippen LogP contribution in [0.2, 0.25) is 0 Å². The molecule has 1 aliphatic heterocycles. The average Bonchev–Trinajstić information content (AvgIpc) is 2.91. The SMILES string of the molecule is CNC[C@H](CC1CCCCC1)NC(=O)N1CCCC(C(O)(CCCNC(=O)OC)c2cc(C)cc(F)c2)C1. The Morgan fingerprint density at radius 2 is 1.95 bits per heavy atom. The second-order valence-corrected chi connectivity index (χ2v) is 11.2. The maximum Gasteiger partial charge on any atom is 0.406 e. The molecule has 2 aliphatic rings. The van der Waals surface area contributed by atoms with E-state index in [0.717, 1.165) is 31.4 Å². The van der Waals surface area contributed by atoms with Gasteiger partial charge in [-0.15, -0.1) is 0 Å². The highest BCUT2D eigenvalue weighted by atomic mass is 19.1. The lowest BCUT2D eigenvalue weighted by Crippen LogP contribution is -2.54. The summed E-state index contributed by atoms with van der Waals surface area (Å²) in [5.74, 6) is -0.00651. The number of amides is 3. The van der Waals surface area contributed by atoms with E-state index in [1.807, 2.05) is 18.0 Å². The standard InChI is InChI=1S/C29H47FN4O4/c1-21-15-24(18-25(30)16-21)29(37,12-8-13-32-28(36)38-3)23-11-7-14-34(20-23)27(35)33-26(19-31-2)17-22-9-5-4-6-10-22/h15-16,18,22-23,26,31,37H,4-14,17,19-20H2,1-3H3,(H,32,36)(H,33,35)/t23?,26-,29?/m0/s1. The molecular formula is C29H47FN4O4. The predicted molar refractivity (Wildman–Crippen MR) is 146 cm³/mol. The fraction of sp³-hybridized carbons (Fsp3) is 0.724. The number of nitrogens with one attached hydrogen (secondary N) is 3. The van der Waals surface area contributed by atoms with Crippen molar-refractivity contribution in [1.82, 2.24) is 20.9 Å². The van der Waals surface area contributed by atoms with Crippen molar-refractivity contribution in [2.24, 2.45) is 11.8 Å². The van der Waals surface area contributed by atoms with Crippen LogP contribution in [0.4, 0.5) is 14.0 Å². The van der Waals surface area contributed by atoms with E-state index in [4.69, 9.17) is 0 Å². The summed E-state index contributed by atoms with van der Waals surface area (Å²) in [7, 11) is 3.21. The fourth-order valence-electron chi connectivity index (χ4n) is 6.27. The lowest BCUT2D eigenvalue weighted by Gasteiger charge is -2.43. The number of urea groups is 1. The first kappa shape index (κ1) is 30.2. The van der Waals surface area contributed by atoms with Gasteiger partial charge < -0.3 is 30.7 Å². The van der Waals surface area contributed by atoms with E-state index in [-0.39, 0.29) is 18.0 Å². The van der Waals surface area contributed by atoms with Crippen LogP contribution in [0.1, 0.15) is 75.3 Å². The quantitative estimate of drug-likeness (QED) is 0.315. The highest BCUT2D eigenvalue weighted by Crippen LogP contribution is 2.40. The number of hydrogen-bond donors (Lipinski definition) is 4. The minimum absolute atomic E-state index is 0.0603. The maximum atomic E-state index is 14.4. The maximum absolute atomic E-state index is 14.4. The smallest absolute Gasteiger partial charge is 0.406 e. The predicted octanol–water partition coefficient (Wildman–Crippen LogP) is 4.44. The lowest BCUT2D eigenvalue weighted by molar-refractivity contribution is -0.0555. The van der Waals surface area contributed by atoms with Crippen molar-refractivity contribution in [3.8, 4) is 0 Å². The van der Waals surface area contributed by atoms with Crippen molar-refractivity contribution in [3.05, 3.63) is 35.1 Å². The Bertz CT molecular complexity index is 890. The zero-order chi connectivity index (χ0) is 27.5. The van der Waals surface area contributed by atoms with Crippen LogP contribution >= 0.6 is 0 Å². The Labute approximate surface area is 227 Å². The molecular weight excluding hydrogens is 487 g/mol. The molecule has 1 aromatic rings. The van der Waals surface area contributed by atoms with Crippen molar-refractivity contribution in [2.75, 3.05) is 40.3 Å². The van der Waals surface area contributed by atoms with Gasteiger partial charge in [-0.1, -0.05) is 38.2 Å². The highest BCUT2D eigenvalue weighted by molar-refractivity contribution is 5.74. The molecule has 3 rings (SSSR count). The molecule has 1 aliphatic carbocycles. The van der Waals surface area contributed by atoms with E-state index in [1.165, 1.54) is 51.3 Å². The number of benzene rings is 1.